The molecule has 3 rings (SSSR count). The average Bonchev–Trinajstić information content (AvgIpc) is 2.59. The molecule has 0 saturated heterocycles. The van der Waals surface area contributed by atoms with E-state index in [0.717, 1.165) is 6.07 Å². The predicted molar refractivity (Wildman–Crippen MR) is 86.6 cm³/mol. The number of alkyl halides is 3. The number of pyridine rings is 2. The maximum atomic E-state index is 13.2. The lowest BCUT2D eigenvalue weighted by Gasteiger charge is -2.17. The van der Waals surface area contributed by atoms with Gasteiger partial charge in [-0.25, -0.2) is 4.98 Å². The molecule has 0 spiro atoms. The molecule has 130 valence electrons. The summed E-state index contributed by atoms with van der Waals surface area (Å²) in [6.45, 7) is 0. The number of aliphatic hydroxyl groups is 1. The van der Waals surface area contributed by atoms with E-state index in [1.807, 2.05) is 0 Å². The SMILES string of the molecule is COc1cc(Cl)cc2c(C(O)c3ccccn3)cc(C(F)(F)F)nc12. The normalized spacial score (nSPS) is 13.0. The Labute approximate surface area is 145 Å². The van der Waals surface area contributed by atoms with Crippen molar-refractivity contribution in [3.05, 3.63) is 64.6 Å². The quantitative estimate of drug-likeness (QED) is 0.744. The summed E-state index contributed by atoms with van der Waals surface area (Å²) < 4.78 is 44.9. The van der Waals surface area contributed by atoms with Crippen LogP contribution in [0.2, 0.25) is 5.02 Å². The first-order valence-corrected chi connectivity index (χ1v) is 7.53. The van der Waals surface area contributed by atoms with Crippen molar-refractivity contribution in [2.75, 3.05) is 7.11 Å². The number of hydrogen-bond donors (Lipinski definition) is 1. The summed E-state index contributed by atoms with van der Waals surface area (Å²) in [4.78, 5) is 7.66. The van der Waals surface area contributed by atoms with Gasteiger partial charge in [-0.3, -0.25) is 4.98 Å². The Balaban J connectivity index is 2.34. The van der Waals surface area contributed by atoms with E-state index in [2.05, 4.69) is 9.97 Å². The van der Waals surface area contributed by atoms with Crippen molar-refractivity contribution >= 4 is 22.5 Å². The minimum Gasteiger partial charge on any atom is -0.494 e. The Morgan fingerprint density at radius 2 is 1.96 bits per heavy atom. The topological polar surface area (TPSA) is 55.2 Å². The van der Waals surface area contributed by atoms with Gasteiger partial charge < -0.3 is 9.84 Å². The van der Waals surface area contributed by atoms with Crippen LogP contribution in [0, 0.1) is 0 Å². The Kier molecular flexibility index (Phi) is 4.53. The van der Waals surface area contributed by atoms with Crippen LogP contribution in [0.3, 0.4) is 0 Å². The molecular formula is C17H12ClF3N2O2. The summed E-state index contributed by atoms with van der Waals surface area (Å²) in [6.07, 6.45) is -4.62. The number of ether oxygens (including phenoxy) is 1. The molecule has 25 heavy (non-hydrogen) atoms. The maximum Gasteiger partial charge on any atom is 0.433 e. The van der Waals surface area contributed by atoms with Gasteiger partial charge >= 0.3 is 6.18 Å². The average molecular weight is 369 g/mol. The van der Waals surface area contributed by atoms with Crippen LogP contribution in [0.1, 0.15) is 23.1 Å². The highest BCUT2D eigenvalue weighted by molar-refractivity contribution is 6.31. The second-order valence-electron chi connectivity index (χ2n) is 5.26. The molecular weight excluding hydrogens is 357 g/mol. The van der Waals surface area contributed by atoms with E-state index in [-0.39, 0.29) is 32.9 Å². The lowest BCUT2D eigenvalue weighted by atomic mass is 9.99. The molecule has 2 aromatic heterocycles. The number of aliphatic hydroxyl groups excluding tert-OH is 1. The standard InChI is InChI=1S/C17H12ClF3N2O2/c1-25-13-7-9(18)6-10-11(16(24)12-4-2-3-5-22-12)8-14(17(19,20)21)23-15(10)13/h2-8,16,24H,1H3. The molecule has 4 nitrogen and oxygen atoms in total. The first kappa shape index (κ1) is 17.4. The van der Waals surface area contributed by atoms with E-state index in [9.17, 15) is 18.3 Å². The molecule has 8 heteroatoms. The molecule has 0 saturated carbocycles. The van der Waals surface area contributed by atoms with Gasteiger partial charge in [0.05, 0.1) is 12.8 Å². The van der Waals surface area contributed by atoms with Crippen molar-refractivity contribution in [1.29, 1.82) is 0 Å². The van der Waals surface area contributed by atoms with Gasteiger partial charge in [-0.05, 0) is 29.8 Å². The maximum absolute atomic E-state index is 13.2. The van der Waals surface area contributed by atoms with Crippen LogP contribution < -0.4 is 4.74 Å². The fourth-order valence-electron chi connectivity index (χ4n) is 2.51. The first-order valence-electron chi connectivity index (χ1n) is 7.15. The van der Waals surface area contributed by atoms with E-state index in [4.69, 9.17) is 16.3 Å². The second kappa shape index (κ2) is 6.50. The van der Waals surface area contributed by atoms with Crippen LogP contribution in [0.25, 0.3) is 10.9 Å². The predicted octanol–water partition coefficient (Wildman–Crippen LogP) is 4.39. The lowest BCUT2D eigenvalue weighted by Crippen LogP contribution is -2.12. The molecule has 0 bridgehead atoms. The number of benzene rings is 1. The number of nitrogens with zero attached hydrogens (tertiary/aromatic N) is 2. The third-order valence-corrected chi connectivity index (χ3v) is 3.87. The zero-order valence-corrected chi connectivity index (χ0v) is 13.6. The van der Waals surface area contributed by atoms with Crippen molar-refractivity contribution in [3.63, 3.8) is 0 Å². The van der Waals surface area contributed by atoms with Gasteiger partial charge in [-0.15, -0.1) is 0 Å². The second-order valence-corrected chi connectivity index (χ2v) is 5.69. The Hall–Kier alpha value is -2.38. The fourth-order valence-corrected chi connectivity index (χ4v) is 2.72. The number of methoxy groups -OCH3 is 1. The summed E-state index contributed by atoms with van der Waals surface area (Å²) in [5.74, 6) is 0.0862. The Morgan fingerprint density at radius 3 is 2.56 bits per heavy atom. The number of fused-ring (bicyclic) bond motifs is 1. The van der Waals surface area contributed by atoms with Gasteiger partial charge in [-0.2, -0.15) is 13.2 Å². The van der Waals surface area contributed by atoms with Crippen LogP contribution >= 0.6 is 11.6 Å². The van der Waals surface area contributed by atoms with Crippen LogP contribution in [0.4, 0.5) is 13.2 Å². The summed E-state index contributed by atoms with van der Waals surface area (Å²) in [5, 5.41) is 11.1. The molecule has 0 aliphatic carbocycles. The molecule has 1 aromatic carbocycles. The van der Waals surface area contributed by atoms with E-state index < -0.39 is 18.0 Å². The van der Waals surface area contributed by atoms with Crippen LogP contribution in [-0.2, 0) is 6.18 Å². The van der Waals surface area contributed by atoms with Crippen molar-refractivity contribution in [3.8, 4) is 5.75 Å². The summed E-state index contributed by atoms with van der Waals surface area (Å²) >= 11 is 6.03. The lowest BCUT2D eigenvalue weighted by molar-refractivity contribution is -0.141. The van der Waals surface area contributed by atoms with Gasteiger partial charge in [0.25, 0.3) is 0 Å². The molecule has 1 atom stereocenters. The van der Waals surface area contributed by atoms with Gasteiger partial charge in [-0.1, -0.05) is 17.7 Å². The van der Waals surface area contributed by atoms with E-state index in [1.165, 1.54) is 31.5 Å². The summed E-state index contributed by atoms with van der Waals surface area (Å²) in [7, 11) is 1.31. The number of rotatable bonds is 3. The van der Waals surface area contributed by atoms with Gasteiger partial charge in [0.2, 0.25) is 0 Å². The van der Waals surface area contributed by atoms with Crippen LogP contribution in [0.5, 0.6) is 5.75 Å². The minimum absolute atomic E-state index is 0.00294. The van der Waals surface area contributed by atoms with E-state index in [0.29, 0.717) is 0 Å². The number of halogens is 4. The third kappa shape index (κ3) is 3.38. The van der Waals surface area contributed by atoms with Crippen LogP contribution in [-0.4, -0.2) is 22.2 Å². The molecule has 0 amide bonds. The summed E-state index contributed by atoms with van der Waals surface area (Å²) in [5.41, 5.74) is -0.962. The highest BCUT2D eigenvalue weighted by atomic mass is 35.5. The highest BCUT2D eigenvalue weighted by Crippen LogP contribution is 2.38. The molecule has 0 aliphatic rings. The Morgan fingerprint density at radius 1 is 1.20 bits per heavy atom. The molecule has 1 N–H and O–H groups in total. The third-order valence-electron chi connectivity index (χ3n) is 3.65. The van der Waals surface area contributed by atoms with Gasteiger partial charge in [0.1, 0.15) is 23.1 Å². The zero-order valence-electron chi connectivity index (χ0n) is 12.9. The van der Waals surface area contributed by atoms with Crippen molar-refractivity contribution in [2.45, 2.75) is 12.3 Å². The van der Waals surface area contributed by atoms with Crippen LogP contribution in [0.15, 0.2) is 42.6 Å². The summed E-state index contributed by atoms with van der Waals surface area (Å²) in [6, 6.07) is 8.40. The first-order chi connectivity index (χ1) is 11.8. The van der Waals surface area contributed by atoms with Crippen molar-refractivity contribution in [2.24, 2.45) is 0 Å². The van der Waals surface area contributed by atoms with Crippen molar-refractivity contribution in [1.82, 2.24) is 9.97 Å². The largest absolute Gasteiger partial charge is 0.494 e. The minimum atomic E-state index is -4.68. The Bertz CT molecular complexity index is 917. The van der Waals surface area contributed by atoms with Gasteiger partial charge in [0.15, 0.2) is 0 Å². The van der Waals surface area contributed by atoms with Crippen molar-refractivity contribution < 1.29 is 23.0 Å². The monoisotopic (exact) mass is 368 g/mol. The molecule has 3 aromatic rings. The zero-order chi connectivity index (χ0) is 18.2. The molecule has 0 radical (unpaired) electrons. The highest BCUT2D eigenvalue weighted by Gasteiger charge is 2.34. The molecule has 0 aliphatic heterocycles. The number of hydrogen-bond acceptors (Lipinski definition) is 4. The number of aromatic nitrogens is 2. The fraction of sp³-hybridized carbons (Fsp3) is 0.176. The van der Waals surface area contributed by atoms with E-state index in [1.54, 1.807) is 12.1 Å². The smallest absolute Gasteiger partial charge is 0.433 e. The molecule has 1 unspecified atom stereocenters. The van der Waals surface area contributed by atoms with Gasteiger partial charge in [0, 0.05) is 22.7 Å². The van der Waals surface area contributed by atoms with E-state index >= 15 is 0 Å². The molecule has 0 fully saturated rings. The molecule has 2 heterocycles.